The van der Waals surface area contributed by atoms with Gasteiger partial charge in [-0.15, -0.1) is 0 Å². The molecule has 4 bridgehead atoms. The van der Waals surface area contributed by atoms with E-state index in [0.717, 1.165) is 81.5 Å². The lowest BCUT2D eigenvalue weighted by Gasteiger charge is -2.37. The fraction of sp³-hybridized carbons (Fsp3) is 0.520. The number of H-pyrrole nitrogens is 2. The molecule has 12 rings (SSSR count). The highest BCUT2D eigenvalue weighted by molar-refractivity contribution is 6.05. The molecular formula is C50H58N8O7. The Bertz CT molecular complexity index is 2660. The summed E-state index contributed by atoms with van der Waals surface area (Å²) in [7, 11) is 4.16. The van der Waals surface area contributed by atoms with Crippen LogP contribution in [0.25, 0.3) is 44.2 Å². The molecule has 5 aromatic rings. The molecule has 0 spiro atoms. The van der Waals surface area contributed by atoms with Gasteiger partial charge in [0.05, 0.1) is 55.3 Å². The molecule has 15 heteroatoms. The lowest BCUT2D eigenvalue weighted by atomic mass is 9.88. The van der Waals surface area contributed by atoms with Crippen molar-refractivity contribution in [2.45, 2.75) is 108 Å². The van der Waals surface area contributed by atoms with Gasteiger partial charge < -0.3 is 44.6 Å². The normalized spacial score (nSPS) is 28.0. The number of rotatable bonds is 13. The van der Waals surface area contributed by atoms with Crippen molar-refractivity contribution in [3.05, 3.63) is 72.4 Å². The van der Waals surface area contributed by atoms with Crippen LogP contribution in [-0.4, -0.2) is 105 Å². The molecule has 3 saturated heterocycles. The van der Waals surface area contributed by atoms with Crippen molar-refractivity contribution in [3.8, 4) is 22.4 Å². The standard InChI is InChI=1S/C50H58N8O7/c1-24(20-26-8-6-7-9-26)39(55-49(61)64-4)47(59)58-43-36-37(43)38(36)44(58)46-52-34-19-16-30-21-29(15-18-33(30)41(34)54-46)27-10-12-28(13-11-27)35-23-51-45(53-35)42-31-14-17-32(22-31)57(42)48(60)40(25(2)63-3)56-50(62)65-5/h10-13,15-16,18-19,21,23-26,31-32,36-40,42-44H,6-9,14,17,20,22H2,1-5H3,(H,51,53)(H,52,54)(H,55,61)(H,56,62)/t24?,25-,31+,32-,36-,37?,38?,39+,40+,42+,43?,44+/m1/s1. The first kappa shape index (κ1) is 41.7. The van der Waals surface area contributed by atoms with Gasteiger partial charge in [-0.3, -0.25) is 9.59 Å². The molecule has 3 aromatic carbocycles. The van der Waals surface area contributed by atoms with E-state index in [9.17, 15) is 19.2 Å². The van der Waals surface area contributed by atoms with E-state index in [1.807, 2.05) is 11.1 Å². The Kier molecular flexibility index (Phi) is 10.4. The van der Waals surface area contributed by atoms with Crippen LogP contribution < -0.4 is 10.6 Å². The Morgan fingerprint density at radius 3 is 2.17 bits per heavy atom. The number of carbonyl (C=O) groups excluding carboxylic acids is 4. The van der Waals surface area contributed by atoms with Gasteiger partial charge in [0.1, 0.15) is 23.7 Å². The molecule has 7 fully saturated rings. The fourth-order valence-corrected chi connectivity index (χ4v) is 12.6. The number of aromatic nitrogens is 4. The highest BCUT2D eigenvalue weighted by atomic mass is 16.5. The third-order valence-corrected chi connectivity index (χ3v) is 16.1. The number of nitrogens with zero attached hydrogens (tertiary/aromatic N) is 4. The maximum atomic E-state index is 14.5. The minimum Gasteiger partial charge on any atom is -0.453 e. The van der Waals surface area contributed by atoms with Crippen LogP contribution in [0, 0.1) is 35.5 Å². The van der Waals surface area contributed by atoms with Crippen LogP contribution >= 0.6 is 0 Å². The summed E-state index contributed by atoms with van der Waals surface area (Å²) in [6.45, 7) is 3.86. The fourth-order valence-electron chi connectivity index (χ4n) is 12.6. The van der Waals surface area contributed by atoms with Gasteiger partial charge in [-0.1, -0.05) is 75.1 Å². The molecule has 2 aromatic heterocycles. The molecule has 0 radical (unpaired) electrons. The first-order valence-electron chi connectivity index (χ1n) is 23.5. The molecule has 4 amide bonds. The van der Waals surface area contributed by atoms with Gasteiger partial charge in [-0.25, -0.2) is 19.6 Å². The Labute approximate surface area is 377 Å². The number of carbonyl (C=O) groups is 4. The number of piperidine rings is 2. The minimum absolute atomic E-state index is 0.00705. The van der Waals surface area contributed by atoms with Crippen LogP contribution in [0.1, 0.15) is 88.9 Å². The van der Waals surface area contributed by atoms with Crippen LogP contribution in [0.2, 0.25) is 0 Å². The summed E-state index contributed by atoms with van der Waals surface area (Å²) >= 11 is 0. The van der Waals surface area contributed by atoms with E-state index in [1.54, 1.807) is 6.92 Å². The van der Waals surface area contributed by atoms with E-state index < -0.39 is 30.4 Å². The Morgan fingerprint density at radius 1 is 0.754 bits per heavy atom. The number of hydrogen-bond donors (Lipinski definition) is 4. The third kappa shape index (κ3) is 7.03. The number of amides is 4. The van der Waals surface area contributed by atoms with Crippen LogP contribution in [0.3, 0.4) is 0 Å². The second-order valence-corrected chi connectivity index (χ2v) is 19.6. The van der Waals surface area contributed by atoms with E-state index in [-0.39, 0.29) is 47.8 Å². The second-order valence-electron chi connectivity index (χ2n) is 19.6. The molecule has 4 aliphatic carbocycles. The van der Waals surface area contributed by atoms with Crippen LogP contribution in [-0.2, 0) is 23.8 Å². The van der Waals surface area contributed by atoms with Crippen molar-refractivity contribution < 1.29 is 33.4 Å². The molecule has 65 heavy (non-hydrogen) atoms. The van der Waals surface area contributed by atoms with Crippen molar-refractivity contribution >= 4 is 45.8 Å². The maximum Gasteiger partial charge on any atom is 0.407 e. The van der Waals surface area contributed by atoms with Gasteiger partial charge in [0, 0.05) is 24.6 Å². The number of benzene rings is 3. The monoisotopic (exact) mass is 882 g/mol. The molecule has 3 aliphatic heterocycles. The summed E-state index contributed by atoms with van der Waals surface area (Å²) in [5.41, 5.74) is 5.82. The van der Waals surface area contributed by atoms with Crippen molar-refractivity contribution in [1.82, 2.24) is 40.4 Å². The van der Waals surface area contributed by atoms with E-state index in [4.69, 9.17) is 24.2 Å². The number of methoxy groups -OCH3 is 3. The first-order chi connectivity index (χ1) is 31.6. The van der Waals surface area contributed by atoms with Gasteiger partial charge in [-0.2, -0.15) is 0 Å². The minimum atomic E-state index is -0.891. The summed E-state index contributed by atoms with van der Waals surface area (Å²) in [5.74, 6) is 3.63. The molecule has 4 saturated carbocycles. The van der Waals surface area contributed by atoms with Crippen molar-refractivity contribution in [1.29, 1.82) is 0 Å². The van der Waals surface area contributed by atoms with Gasteiger partial charge in [0.25, 0.3) is 0 Å². The topological polar surface area (TPSA) is 184 Å². The van der Waals surface area contributed by atoms with Crippen LogP contribution in [0.4, 0.5) is 9.59 Å². The number of ether oxygens (including phenoxy) is 3. The predicted octanol–water partition coefficient (Wildman–Crippen LogP) is 7.65. The lowest BCUT2D eigenvalue weighted by Crippen LogP contribution is -2.56. The zero-order chi connectivity index (χ0) is 44.8. The average Bonchev–Trinajstić information content (AvgIpc) is 3.91. The Morgan fingerprint density at radius 2 is 1.45 bits per heavy atom. The van der Waals surface area contributed by atoms with Gasteiger partial charge in [0.2, 0.25) is 11.8 Å². The van der Waals surface area contributed by atoms with Gasteiger partial charge in [0.15, 0.2) is 0 Å². The highest BCUT2D eigenvalue weighted by Crippen LogP contribution is 2.81. The largest absolute Gasteiger partial charge is 0.453 e. The smallest absolute Gasteiger partial charge is 0.407 e. The number of fused-ring (bicyclic) bond motifs is 6. The van der Waals surface area contributed by atoms with Crippen LogP contribution in [0.15, 0.2) is 60.8 Å². The van der Waals surface area contributed by atoms with E-state index >= 15 is 0 Å². The quantitative estimate of drug-likeness (QED) is 0.0923. The van der Waals surface area contributed by atoms with E-state index in [0.29, 0.717) is 23.7 Å². The molecule has 340 valence electrons. The second kappa shape index (κ2) is 16.2. The molecular weight excluding hydrogens is 825 g/mol. The first-order valence-corrected chi connectivity index (χ1v) is 23.5. The summed E-state index contributed by atoms with van der Waals surface area (Å²) in [5, 5.41) is 7.74. The molecule has 4 N–H and O–H groups in total. The van der Waals surface area contributed by atoms with E-state index in [1.165, 1.54) is 47.0 Å². The SMILES string of the molecule is COC(=O)N[C@H](C(=O)N1C2C3C([C@@H]32)[C@H]1c1nc2c(ccc3cc(-c4ccc(-c5cnc([C@@H]6[C@H]7CC[C@H](C7)N6C(=O)[C@@H](NC(=O)OC)[C@@H](C)OC)[nH]5)cc4)ccc32)[nH]1)C(C)CC1CCCC1. The Balaban J connectivity index is 0.812. The summed E-state index contributed by atoms with van der Waals surface area (Å²) in [6.07, 6.45) is 8.61. The number of imidazole rings is 2. The van der Waals surface area contributed by atoms with Crippen LogP contribution in [0.5, 0.6) is 0 Å². The summed E-state index contributed by atoms with van der Waals surface area (Å²) < 4.78 is 15.3. The Hall–Kier alpha value is -5.96. The maximum absolute atomic E-state index is 14.5. The van der Waals surface area contributed by atoms with Crippen molar-refractivity contribution in [3.63, 3.8) is 0 Å². The summed E-state index contributed by atoms with van der Waals surface area (Å²) in [6, 6.07) is 17.5. The molecule has 7 aliphatic rings. The molecule has 15 nitrogen and oxygen atoms in total. The summed E-state index contributed by atoms with van der Waals surface area (Å²) in [4.78, 5) is 74.6. The predicted molar refractivity (Wildman–Crippen MR) is 242 cm³/mol. The van der Waals surface area contributed by atoms with Gasteiger partial charge >= 0.3 is 12.2 Å². The zero-order valence-corrected chi connectivity index (χ0v) is 37.6. The van der Waals surface area contributed by atoms with Gasteiger partial charge in [-0.05, 0) is 102 Å². The number of likely N-dealkylation sites (tertiary alicyclic amines) is 1. The third-order valence-electron chi connectivity index (χ3n) is 16.1. The lowest BCUT2D eigenvalue weighted by molar-refractivity contribution is -0.141. The number of nitrogens with one attached hydrogen (secondary N) is 4. The zero-order valence-electron chi connectivity index (χ0n) is 37.6. The number of aromatic amines is 2. The van der Waals surface area contributed by atoms with Crippen molar-refractivity contribution in [2.24, 2.45) is 35.5 Å². The number of hydrogen-bond acceptors (Lipinski definition) is 9. The molecule has 5 heterocycles. The molecule has 4 unspecified atom stereocenters. The number of alkyl carbamates (subject to hydrolysis) is 2. The molecule has 12 atom stereocenters. The van der Waals surface area contributed by atoms with E-state index in [2.05, 4.69) is 87.0 Å². The highest BCUT2D eigenvalue weighted by Gasteiger charge is 2.86. The van der Waals surface area contributed by atoms with Crippen molar-refractivity contribution in [2.75, 3.05) is 21.3 Å². The average molecular weight is 883 g/mol.